The van der Waals surface area contributed by atoms with Crippen LogP contribution in [-0.4, -0.2) is 10.2 Å². The summed E-state index contributed by atoms with van der Waals surface area (Å²) >= 11 is 0. The average molecular weight is 151 g/mol. The number of nitrogens with two attached hydrogens (primary N) is 1. The summed E-state index contributed by atoms with van der Waals surface area (Å²) in [7, 11) is 0. The van der Waals surface area contributed by atoms with Crippen molar-refractivity contribution >= 4 is 5.69 Å². The van der Waals surface area contributed by atoms with E-state index in [2.05, 4.69) is 24.0 Å². The van der Waals surface area contributed by atoms with E-state index in [-0.39, 0.29) is 0 Å². The predicted octanol–water partition coefficient (Wildman–Crippen LogP) is 1.49. The highest BCUT2D eigenvalue weighted by Gasteiger charge is 2.06. The lowest BCUT2D eigenvalue weighted by Gasteiger charge is -2.08. The van der Waals surface area contributed by atoms with Gasteiger partial charge >= 0.3 is 0 Å². The monoisotopic (exact) mass is 151 g/mol. The molecule has 11 heavy (non-hydrogen) atoms. The third-order valence-corrected chi connectivity index (χ3v) is 1.73. The number of nitrogens with zero attached hydrogens (tertiary/aromatic N) is 2. The number of anilines is 1. The van der Waals surface area contributed by atoms with Crippen molar-refractivity contribution in [2.45, 2.75) is 26.7 Å². The lowest BCUT2D eigenvalue weighted by atomic mass is 10.0. The summed E-state index contributed by atoms with van der Waals surface area (Å²) in [4.78, 5) is 0. The molecular formula is C8H13N3. The smallest absolute Gasteiger partial charge is 0.0831 e. The Kier molecular flexibility index (Phi) is 2.08. The summed E-state index contributed by atoms with van der Waals surface area (Å²) in [6.07, 6.45) is 1.73. The third-order valence-electron chi connectivity index (χ3n) is 1.73. The SMILES string of the molecule is Cc1nncc(C(C)C)c1N. The van der Waals surface area contributed by atoms with E-state index in [0.717, 1.165) is 16.9 Å². The Bertz CT molecular complexity index is 256. The Morgan fingerprint density at radius 3 is 2.55 bits per heavy atom. The van der Waals surface area contributed by atoms with Gasteiger partial charge in [0.05, 0.1) is 17.6 Å². The van der Waals surface area contributed by atoms with Crippen molar-refractivity contribution in [1.29, 1.82) is 0 Å². The zero-order valence-electron chi connectivity index (χ0n) is 7.13. The standard InChI is InChI=1S/C8H13N3/c1-5(2)7-4-10-11-6(3)8(7)9/h4-5H,1-3H3,(H2,9,10). The topological polar surface area (TPSA) is 51.8 Å². The Labute approximate surface area is 66.6 Å². The van der Waals surface area contributed by atoms with Gasteiger partial charge in [-0.2, -0.15) is 10.2 Å². The first-order chi connectivity index (χ1) is 5.13. The van der Waals surface area contributed by atoms with Crippen LogP contribution < -0.4 is 5.73 Å². The number of hydrogen-bond donors (Lipinski definition) is 1. The first-order valence-electron chi connectivity index (χ1n) is 3.70. The molecule has 1 heterocycles. The van der Waals surface area contributed by atoms with Crippen molar-refractivity contribution in [3.05, 3.63) is 17.5 Å². The molecule has 0 aliphatic rings. The van der Waals surface area contributed by atoms with Gasteiger partial charge in [-0.3, -0.25) is 0 Å². The van der Waals surface area contributed by atoms with E-state index >= 15 is 0 Å². The lowest BCUT2D eigenvalue weighted by Crippen LogP contribution is -2.02. The maximum absolute atomic E-state index is 5.78. The van der Waals surface area contributed by atoms with Gasteiger partial charge in [-0.15, -0.1) is 0 Å². The number of hydrogen-bond acceptors (Lipinski definition) is 3. The number of nitrogen functional groups attached to an aromatic ring is 1. The summed E-state index contributed by atoms with van der Waals surface area (Å²) in [6.45, 7) is 6.05. The van der Waals surface area contributed by atoms with Gasteiger partial charge in [-0.25, -0.2) is 0 Å². The van der Waals surface area contributed by atoms with Crippen LogP contribution in [0.15, 0.2) is 6.20 Å². The molecule has 3 nitrogen and oxygen atoms in total. The summed E-state index contributed by atoms with van der Waals surface area (Å²) in [5.74, 6) is 0.421. The number of rotatable bonds is 1. The van der Waals surface area contributed by atoms with E-state index in [4.69, 9.17) is 5.73 Å². The minimum absolute atomic E-state index is 0.421. The van der Waals surface area contributed by atoms with Crippen LogP contribution >= 0.6 is 0 Å². The van der Waals surface area contributed by atoms with Crippen LogP contribution in [0, 0.1) is 6.92 Å². The Balaban J connectivity index is 3.17. The maximum Gasteiger partial charge on any atom is 0.0831 e. The second-order valence-corrected chi connectivity index (χ2v) is 2.95. The minimum Gasteiger partial charge on any atom is -0.397 e. The fourth-order valence-electron chi connectivity index (χ4n) is 0.970. The van der Waals surface area contributed by atoms with E-state index in [9.17, 15) is 0 Å². The molecule has 1 rings (SSSR count). The van der Waals surface area contributed by atoms with Gasteiger partial charge < -0.3 is 5.73 Å². The zero-order valence-corrected chi connectivity index (χ0v) is 7.13. The fourth-order valence-corrected chi connectivity index (χ4v) is 0.970. The lowest BCUT2D eigenvalue weighted by molar-refractivity contribution is 0.837. The predicted molar refractivity (Wildman–Crippen MR) is 45.3 cm³/mol. The van der Waals surface area contributed by atoms with Crippen molar-refractivity contribution in [2.75, 3.05) is 5.73 Å². The molecule has 2 N–H and O–H groups in total. The first kappa shape index (κ1) is 7.98. The molecule has 0 fully saturated rings. The Morgan fingerprint density at radius 2 is 2.09 bits per heavy atom. The highest BCUT2D eigenvalue weighted by atomic mass is 15.1. The first-order valence-corrected chi connectivity index (χ1v) is 3.70. The summed E-state index contributed by atoms with van der Waals surface area (Å²) < 4.78 is 0. The maximum atomic E-state index is 5.78. The van der Waals surface area contributed by atoms with E-state index in [1.807, 2.05) is 6.92 Å². The largest absolute Gasteiger partial charge is 0.397 e. The van der Waals surface area contributed by atoms with Gasteiger partial charge in [-0.1, -0.05) is 13.8 Å². The molecule has 0 aromatic carbocycles. The molecule has 0 radical (unpaired) electrons. The van der Waals surface area contributed by atoms with Gasteiger partial charge in [0.15, 0.2) is 0 Å². The third kappa shape index (κ3) is 1.48. The Morgan fingerprint density at radius 1 is 1.45 bits per heavy atom. The van der Waals surface area contributed by atoms with Gasteiger partial charge in [-0.05, 0) is 18.4 Å². The molecule has 0 atom stereocenters. The highest BCUT2D eigenvalue weighted by Crippen LogP contribution is 2.21. The van der Waals surface area contributed by atoms with Gasteiger partial charge in [0, 0.05) is 0 Å². The fraction of sp³-hybridized carbons (Fsp3) is 0.500. The normalized spacial score (nSPS) is 10.5. The van der Waals surface area contributed by atoms with Gasteiger partial charge in [0.2, 0.25) is 0 Å². The second kappa shape index (κ2) is 2.86. The van der Waals surface area contributed by atoms with Crippen LogP contribution in [0.5, 0.6) is 0 Å². The molecule has 60 valence electrons. The van der Waals surface area contributed by atoms with Crippen LogP contribution in [0.25, 0.3) is 0 Å². The number of aryl methyl sites for hydroxylation is 1. The summed E-state index contributed by atoms with van der Waals surface area (Å²) in [5.41, 5.74) is 8.45. The van der Waals surface area contributed by atoms with Crippen LogP contribution in [-0.2, 0) is 0 Å². The van der Waals surface area contributed by atoms with E-state index in [1.165, 1.54) is 0 Å². The van der Waals surface area contributed by atoms with E-state index < -0.39 is 0 Å². The van der Waals surface area contributed by atoms with E-state index in [0.29, 0.717) is 5.92 Å². The van der Waals surface area contributed by atoms with Crippen molar-refractivity contribution in [2.24, 2.45) is 0 Å². The molecule has 0 bridgehead atoms. The van der Waals surface area contributed by atoms with E-state index in [1.54, 1.807) is 6.20 Å². The van der Waals surface area contributed by atoms with Crippen LogP contribution in [0.4, 0.5) is 5.69 Å². The molecule has 0 spiro atoms. The van der Waals surface area contributed by atoms with Crippen molar-refractivity contribution < 1.29 is 0 Å². The molecular weight excluding hydrogens is 138 g/mol. The van der Waals surface area contributed by atoms with Crippen LogP contribution in [0.2, 0.25) is 0 Å². The minimum atomic E-state index is 0.421. The Hall–Kier alpha value is -1.12. The van der Waals surface area contributed by atoms with Gasteiger partial charge in [0.25, 0.3) is 0 Å². The molecule has 0 saturated heterocycles. The molecule has 1 aromatic rings. The average Bonchev–Trinajstić information content (AvgIpc) is 1.94. The van der Waals surface area contributed by atoms with Gasteiger partial charge in [0.1, 0.15) is 0 Å². The van der Waals surface area contributed by atoms with Crippen molar-refractivity contribution in [3.63, 3.8) is 0 Å². The second-order valence-electron chi connectivity index (χ2n) is 2.95. The highest BCUT2D eigenvalue weighted by molar-refractivity contribution is 5.49. The molecule has 0 aliphatic carbocycles. The number of aromatic nitrogens is 2. The van der Waals surface area contributed by atoms with Crippen LogP contribution in [0.1, 0.15) is 31.0 Å². The zero-order chi connectivity index (χ0) is 8.43. The van der Waals surface area contributed by atoms with Crippen molar-refractivity contribution in [3.8, 4) is 0 Å². The molecule has 0 aliphatic heterocycles. The van der Waals surface area contributed by atoms with Crippen LogP contribution in [0.3, 0.4) is 0 Å². The van der Waals surface area contributed by atoms with Crippen molar-refractivity contribution in [1.82, 2.24) is 10.2 Å². The summed E-state index contributed by atoms with van der Waals surface area (Å²) in [5, 5.41) is 7.68. The molecule has 0 amide bonds. The molecule has 0 saturated carbocycles. The quantitative estimate of drug-likeness (QED) is 0.661. The molecule has 0 unspecified atom stereocenters. The molecule has 3 heteroatoms. The molecule has 1 aromatic heterocycles. The summed E-state index contributed by atoms with van der Waals surface area (Å²) in [6, 6.07) is 0.